The predicted molar refractivity (Wildman–Crippen MR) is 60.2 cm³/mol. The normalized spacial score (nSPS) is 32.7. The van der Waals surface area contributed by atoms with Crippen LogP contribution in [-0.2, 0) is 10.0 Å². The van der Waals surface area contributed by atoms with Crippen molar-refractivity contribution >= 4 is 10.0 Å². The van der Waals surface area contributed by atoms with E-state index in [1.807, 2.05) is 0 Å². The van der Waals surface area contributed by atoms with Crippen LogP contribution >= 0.6 is 0 Å². The highest BCUT2D eigenvalue weighted by atomic mass is 32.2. The Bertz CT molecular complexity index is 297. The van der Waals surface area contributed by atoms with Crippen LogP contribution in [0.5, 0.6) is 0 Å². The van der Waals surface area contributed by atoms with Gasteiger partial charge in [0.25, 0.3) is 0 Å². The SMILES string of the molecule is O=S1(=O)CCCCN1CC1CCCNC1. The van der Waals surface area contributed by atoms with Crippen molar-refractivity contribution in [2.45, 2.75) is 25.7 Å². The minimum atomic E-state index is -2.92. The molecule has 1 N–H and O–H groups in total. The van der Waals surface area contributed by atoms with Gasteiger partial charge in [0.1, 0.15) is 0 Å². The van der Waals surface area contributed by atoms with E-state index in [9.17, 15) is 8.42 Å². The first-order chi connectivity index (χ1) is 7.18. The summed E-state index contributed by atoms with van der Waals surface area (Å²) in [7, 11) is -2.92. The molecule has 0 aromatic rings. The number of nitrogens with zero attached hydrogens (tertiary/aromatic N) is 1. The Morgan fingerprint density at radius 2 is 2.13 bits per heavy atom. The van der Waals surface area contributed by atoms with Gasteiger partial charge in [0.05, 0.1) is 5.75 Å². The molecule has 0 aromatic heterocycles. The van der Waals surface area contributed by atoms with Gasteiger partial charge in [0.15, 0.2) is 0 Å². The van der Waals surface area contributed by atoms with E-state index < -0.39 is 10.0 Å². The van der Waals surface area contributed by atoms with Gasteiger partial charge in [-0.2, -0.15) is 0 Å². The highest BCUT2D eigenvalue weighted by Gasteiger charge is 2.28. The molecule has 1 atom stereocenters. The zero-order valence-corrected chi connectivity index (χ0v) is 9.93. The number of hydrogen-bond acceptors (Lipinski definition) is 3. The highest BCUT2D eigenvalue weighted by Crippen LogP contribution is 2.18. The second-order valence-electron chi connectivity index (χ2n) is 4.59. The zero-order valence-electron chi connectivity index (χ0n) is 9.11. The summed E-state index contributed by atoms with van der Waals surface area (Å²) in [4.78, 5) is 0. The zero-order chi connectivity index (χ0) is 10.7. The average Bonchev–Trinajstić information content (AvgIpc) is 2.23. The number of piperidine rings is 1. The second-order valence-corrected chi connectivity index (χ2v) is 6.68. The molecule has 2 aliphatic rings. The lowest BCUT2D eigenvalue weighted by molar-refractivity contribution is 0.282. The summed E-state index contributed by atoms with van der Waals surface area (Å²) in [5, 5.41) is 3.33. The van der Waals surface area contributed by atoms with Crippen molar-refractivity contribution in [3.8, 4) is 0 Å². The third kappa shape index (κ3) is 2.92. The maximum Gasteiger partial charge on any atom is 0.214 e. The Hall–Kier alpha value is -0.130. The van der Waals surface area contributed by atoms with E-state index in [0.717, 1.165) is 39.0 Å². The van der Waals surface area contributed by atoms with E-state index in [2.05, 4.69) is 5.32 Å². The summed E-state index contributed by atoms with van der Waals surface area (Å²) in [6, 6.07) is 0. The molecule has 5 heteroatoms. The Balaban J connectivity index is 1.91. The van der Waals surface area contributed by atoms with Gasteiger partial charge in [0, 0.05) is 13.1 Å². The molecule has 0 radical (unpaired) electrons. The fraction of sp³-hybridized carbons (Fsp3) is 1.00. The molecule has 2 aliphatic heterocycles. The lowest BCUT2D eigenvalue weighted by atomic mass is 10.00. The molecule has 0 saturated carbocycles. The summed E-state index contributed by atoms with van der Waals surface area (Å²) in [5.74, 6) is 0.874. The Kier molecular flexibility index (Phi) is 3.64. The van der Waals surface area contributed by atoms with Crippen LogP contribution in [0.4, 0.5) is 0 Å². The van der Waals surface area contributed by atoms with Crippen LogP contribution in [0.25, 0.3) is 0 Å². The van der Waals surface area contributed by atoms with Gasteiger partial charge < -0.3 is 5.32 Å². The summed E-state index contributed by atoms with van der Waals surface area (Å²) < 4.78 is 25.2. The lowest BCUT2D eigenvalue weighted by Crippen LogP contribution is -2.44. The molecule has 4 nitrogen and oxygen atoms in total. The van der Waals surface area contributed by atoms with Crippen molar-refractivity contribution in [3.05, 3.63) is 0 Å². The minimum Gasteiger partial charge on any atom is -0.316 e. The molecule has 88 valence electrons. The predicted octanol–water partition coefficient (Wildman–Crippen LogP) is 0.412. The van der Waals surface area contributed by atoms with Crippen molar-refractivity contribution in [2.24, 2.45) is 5.92 Å². The van der Waals surface area contributed by atoms with Crippen LogP contribution in [0, 0.1) is 5.92 Å². The molecular weight excluding hydrogens is 212 g/mol. The van der Waals surface area contributed by atoms with Gasteiger partial charge in [-0.15, -0.1) is 0 Å². The van der Waals surface area contributed by atoms with Crippen LogP contribution in [0.2, 0.25) is 0 Å². The fourth-order valence-electron chi connectivity index (χ4n) is 2.41. The largest absolute Gasteiger partial charge is 0.316 e. The summed E-state index contributed by atoms with van der Waals surface area (Å²) in [6.07, 6.45) is 4.21. The van der Waals surface area contributed by atoms with Crippen molar-refractivity contribution in [2.75, 3.05) is 31.9 Å². The van der Waals surface area contributed by atoms with Crippen molar-refractivity contribution in [3.63, 3.8) is 0 Å². The molecule has 0 aliphatic carbocycles. The molecule has 0 bridgehead atoms. The second kappa shape index (κ2) is 4.80. The van der Waals surface area contributed by atoms with Gasteiger partial charge in [-0.1, -0.05) is 0 Å². The Morgan fingerprint density at radius 3 is 2.80 bits per heavy atom. The standard InChI is InChI=1S/C10H20N2O2S/c13-15(14)7-2-1-6-12(15)9-10-4-3-5-11-8-10/h10-11H,1-9H2. The quantitative estimate of drug-likeness (QED) is 0.750. The molecule has 2 heterocycles. The molecular formula is C10H20N2O2S. The van der Waals surface area contributed by atoms with Gasteiger partial charge in [-0.25, -0.2) is 12.7 Å². The van der Waals surface area contributed by atoms with E-state index in [1.54, 1.807) is 4.31 Å². The van der Waals surface area contributed by atoms with Crippen molar-refractivity contribution in [1.82, 2.24) is 9.62 Å². The number of sulfonamides is 1. The molecule has 0 amide bonds. The lowest BCUT2D eigenvalue weighted by Gasteiger charge is -2.31. The van der Waals surface area contributed by atoms with Gasteiger partial charge >= 0.3 is 0 Å². The third-order valence-corrected chi connectivity index (χ3v) is 5.24. The van der Waals surface area contributed by atoms with Crippen LogP contribution in [0.15, 0.2) is 0 Å². The summed E-state index contributed by atoms with van der Waals surface area (Å²) >= 11 is 0. The molecule has 1 unspecified atom stereocenters. The molecule has 0 spiro atoms. The van der Waals surface area contributed by atoms with Gasteiger partial charge in [0.2, 0.25) is 10.0 Å². The number of rotatable bonds is 2. The van der Waals surface area contributed by atoms with E-state index in [4.69, 9.17) is 0 Å². The third-order valence-electron chi connectivity index (χ3n) is 3.31. The van der Waals surface area contributed by atoms with Crippen LogP contribution in [0.3, 0.4) is 0 Å². The Labute approximate surface area is 92.1 Å². The van der Waals surface area contributed by atoms with E-state index in [-0.39, 0.29) is 0 Å². The first kappa shape index (κ1) is 11.4. The van der Waals surface area contributed by atoms with Crippen LogP contribution < -0.4 is 5.32 Å². The maximum absolute atomic E-state index is 11.8. The summed E-state index contributed by atoms with van der Waals surface area (Å²) in [5.41, 5.74) is 0. The monoisotopic (exact) mass is 232 g/mol. The van der Waals surface area contributed by atoms with Gasteiger partial charge in [-0.3, -0.25) is 0 Å². The summed E-state index contributed by atoms with van der Waals surface area (Å²) in [6.45, 7) is 3.53. The van der Waals surface area contributed by atoms with E-state index in [0.29, 0.717) is 11.7 Å². The van der Waals surface area contributed by atoms with E-state index >= 15 is 0 Å². The van der Waals surface area contributed by atoms with Crippen LogP contribution in [-0.4, -0.2) is 44.7 Å². The van der Waals surface area contributed by atoms with Gasteiger partial charge in [-0.05, 0) is 44.7 Å². The van der Waals surface area contributed by atoms with Crippen LogP contribution in [0.1, 0.15) is 25.7 Å². The highest BCUT2D eigenvalue weighted by molar-refractivity contribution is 7.89. The maximum atomic E-state index is 11.8. The Morgan fingerprint density at radius 1 is 1.27 bits per heavy atom. The van der Waals surface area contributed by atoms with Crippen molar-refractivity contribution in [1.29, 1.82) is 0 Å². The molecule has 15 heavy (non-hydrogen) atoms. The van der Waals surface area contributed by atoms with Crippen molar-refractivity contribution < 1.29 is 8.42 Å². The smallest absolute Gasteiger partial charge is 0.214 e. The first-order valence-corrected chi connectivity index (χ1v) is 7.48. The number of hydrogen-bond donors (Lipinski definition) is 1. The molecule has 2 rings (SSSR count). The minimum absolute atomic E-state index is 0.354. The van der Waals surface area contributed by atoms with E-state index in [1.165, 1.54) is 12.8 Å². The topological polar surface area (TPSA) is 49.4 Å². The molecule has 2 fully saturated rings. The molecule has 2 saturated heterocycles. The fourth-order valence-corrected chi connectivity index (χ4v) is 4.09. The number of nitrogens with one attached hydrogen (secondary N) is 1. The first-order valence-electron chi connectivity index (χ1n) is 5.87. The average molecular weight is 232 g/mol. The molecule has 0 aromatic carbocycles.